The molecular weight excluding hydrogens is 388 g/mol. The lowest BCUT2D eigenvalue weighted by atomic mass is 9.92. The average Bonchev–Trinajstić information content (AvgIpc) is 3.13. The number of piperidine rings is 1. The quantitative estimate of drug-likeness (QED) is 0.706. The highest BCUT2D eigenvalue weighted by atomic mass is 16.5. The van der Waals surface area contributed by atoms with Gasteiger partial charge in [-0.3, -0.25) is 14.8 Å². The van der Waals surface area contributed by atoms with Crippen molar-refractivity contribution in [2.45, 2.75) is 64.3 Å². The minimum atomic E-state index is 0.154. The number of nitrogens with zero attached hydrogens (tertiary/aromatic N) is 3. The van der Waals surface area contributed by atoms with E-state index >= 15 is 0 Å². The number of carbonyl (C=O) groups excluding carboxylic acids is 1. The van der Waals surface area contributed by atoms with Crippen molar-refractivity contribution in [1.82, 2.24) is 20.0 Å². The van der Waals surface area contributed by atoms with Crippen molar-refractivity contribution in [3.63, 3.8) is 0 Å². The predicted molar refractivity (Wildman–Crippen MR) is 122 cm³/mol. The Morgan fingerprint density at radius 1 is 1.13 bits per heavy atom. The van der Waals surface area contributed by atoms with Gasteiger partial charge >= 0.3 is 0 Å². The van der Waals surface area contributed by atoms with E-state index in [0.29, 0.717) is 5.92 Å². The molecule has 4 rings (SSSR count). The number of rotatable bonds is 7. The minimum absolute atomic E-state index is 0.154. The number of aromatic amines is 1. The fourth-order valence-corrected chi connectivity index (χ4v) is 4.88. The minimum Gasteiger partial charge on any atom is -0.493 e. The van der Waals surface area contributed by atoms with Crippen molar-refractivity contribution in [2.24, 2.45) is 0 Å². The summed E-state index contributed by atoms with van der Waals surface area (Å²) < 4.78 is 5.96. The number of aromatic nitrogens is 2. The lowest BCUT2D eigenvalue weighted by molar-refractivity contribution is 0.0759. The number of hydrogen-bond acceptors (Lipinski definition) is 4. The van der Waals surface area contributed by atoms with Crippen molar-refractivity contribution in [3.8, 4) is 5.75 Å². The second-order valence-electron chi connectivity index (χ2n) is 8.93. The highest BCUT2D eigenvalue weighted by Crippen LogP contribution is 2.31. The van der Waals surface area contributed by atoms with Gasteiger partial charge in [0.1, 0.15) is 5.75 Å². The molecule has 0 spiro atoms. The number of nitrogens with one attached hydrogen (secondary N) is 1. The van der Waals surface area contributed by atoms with Crippen LogP contribution in [0.2, 0.25) is 0 Å². The Hall–Kier alpha value is -2.34. The van der Waals surface area contributed by atoms with E-state index in [9.17, 15) is 4.79 Å². The molecule has 6 heteroatoms. The fourth-order valence-electron chi connectivity index (χ4n) is 4.88. The van der Waals surface area contributed by atoms with E-state index in [-0.39, 0.29) is 5.91 Å². The van der Waals surface area contributed by atoms with Gasteiger partial charge in [0, 0.05) is 37.7 Å². The fraction of sp³-hybridized carbons (Fsp3) is 0.600. The molecule has 0 saturated carbocycles. The summed E-state index contributed by atoms with van der Waals surface area (Å²) in [5, 5.41) is 7.47. The second-order valence-corrected chi connectivity index (χ2v) is 8.93. The number of H-pyrrole nitrogens is 1. The second kappa shape index (κ2) is 10.8. The normalized spacial score (nSPS) is 20.4. The largest absolute Gasteiger partial charge is 0.493 e. The van der Waals surface area contributed by atoms with Crippen molar-refractivity contribution < 1.29 is 9.53 Å². The third-order valence-electron chi connectivity index (χ3n) is 6.53. The van der Waals surface area contributed by atoms with Gasteiger partial charge in [-0.1, -0.05) is 38.0 Å². The van der Waals surface area contributed by atoms with Crippen LogP contribution >= 0.6 is 0 Å². The van der Waals surface area contributed by atoms with Crippen molar-refractivity contribution >= 4 is 5.91 Å². The lowest BCUT2D eigenvalue weighted by Crippen LogP contribution is -2.36. The first-order chi connectivity index (χ1) is 15.3. The van der Waals surface area contributed by atoms with E-state index in [2.05, 4.69) is 40.2 Å². The summed E-state index contributed by atoms with van der Waals surface area (Å²) in [7, 11) is 0. The number of benzene rings is 1. The molecule has 3 heterocycles. The van der Waals surface area contributed by atoms with Crippen LogP contribution in [0.25, 0.3) is 0 Å². The first-order valence-electron chi connectivity index (χ1n) is 12.0. The summed E-state index contributed by atoms with van der Waals surface area (Å²) in [6.45, 7) is 7.50. The number of ether oxygens (including phenoxy) is 1. The van der Waals surface area contributed by atoms with Crippen LogP contribution in [0.4, 0.5) is 0 Å². The van der Waals surface area contributed by atoms with Crippen LogP contribution < -0.4 is 4.74 Å². The molecule has 0 radical (unpaired) electrons. The van der Waals surface area contributed by atoms with Gasteiger partial charge in [-0.05, 0) is 44.7 Å². The summed E-state index contributed by atoms with van der Waals surface area (Å²) in [4.78, 5) is 17.8. The summed E-state index contributed by atoms with van der Waals surface area (Å²) in [5.41, 5.74) is 3.04. The number of carbonyl (C=O) groups is 1. The molecule has 1 N–H and O–H groups in total. The Bertz CT molecular complexity index is 842. The van der Waals surface area contributed by atoms with Gasteiger partial charge in [0.25, 0.3) is 5.91 Å². The van der Waals surface area contributed by atoms with Crippen molar-refractivity contribution in [2.75, 3.05) is 32.8 Å². The summed E-state index contributed by atoms with van der Waals surface area (Å²) in [6.07, 6.45) is 9.63. The predicted octanol–water partition coefficient (Wildman–Crippen LogP) is 4.59. The molecule has 2 fully saturated rings. The zero-order valence-corrected chi connectivity index (χ0v) is 18.8. The van der Waals surface area contributed by atoms with Gasteiger partial charge in [-0.15, -0.1) is 0 Å². The highest BCUT2D eigenvalue weighted by Gasteiger charge is 2.29. The van der Waals surface area contributed by atoms with Crippen LogP contribution in [-0.4, -0.2) is 58.7 Å². The summed E-state index contributed by atoms with van der Waals surface area (Å²) in [5.74, 6) is 1.46. The molecule has 2 aliphatic rings. The third-order valence-corrected chi connectivity index (χ3v) is 6.53. The van der Waals surface area contributed by atoms with Gasteiger partial charge in [-0.25, -0.2) is 0 Å². The molecule has 2 saturated heterocycles. The van der Waals surface area contributed by atoms with Gasteiger partial charge in [-0.2, -0.15) is 5.10 Å². The molecule has 1 unspecified atom stereocenters. The Balaban J connectivity index is 1.44. The molecule has 2 aliphatic heterocycles. The van der Waals surface area contributed by atoms with E-state index in [4.69, 9.17) is 4.74 Å². The molecule has 168 valence electrons. The maximum atomic E-state index is 13.2. The standard InChI is InChI=1S/C25H36N4O2/c1-2-16-31-23-12-6-5-10-20(23)18-28-13-9-11-21(19-28)24-22(17-26-27-24)25(30)29-14-7-3-4-8-15-29/h5-6,10,12,17,21H,2-4,7-9,11,13-16,18-19H2,1H3,(H,26,27). The molecule has 1 amide bonds. The molecule has 31 heavy (non-hydrogen) atoms. The molecule has 0 aliphatic carbocycles. The maximum Gasteiger partial charge on any atom is 0.257 e. The Labute approximate surface area is 186 Å². The SMILES string of the molecule is CCCOc1ccccc1CN1CCCC(c2[nH]ncc2C(=O)N2CCCCCC2)C1. The smallest absolute Gasteiger partial charge is 0.257 e. The number of hydrogen-bond donors (Lipinski definition) is 1. The van der Waals surface area contributed by atoms with Crippen LogP contribution in [0.1, 0.15) is 79.4 Å². The highest BCUT2D eigenvalue weighted by molar-refractivity contribution is 5.95. The summed E-state index contributed by atoms with van der Waals surface area (Å²) >= 11 is 0. The monoisotopic (exact) mass is 424 g/mol. The Morgan fingerprint density at radius 3 is 2.74 bits per heavy atom. The van der Waals surface area contributed by atoms with Crippen LogP contribution in [-0.2, 0) is 6.54 Å². The van der Waals surface area contributed by atoms with E-state index in [0.717, 1.165) is 88.4 Å². The van der Waals surface area contributed by atoms with Crippen molar-refractivity contribution in [3.05, 3.63) is 47.3 Å². The van der Waals surface area contributed by atoms with Crippen LogP contribution in [0.3, 0.4) is 0 Å². The molecule has 0 bridgehead atoms. The summed E-state index contributed by atoms with van der Waals surface area (Å²) in [6, 6.07) is 8.36. The molecule has 2 aromatic rings. The zero-order valence-electron chi connectivity index (χ0n) is 18.8. The van der Waals surface area contributed by atoms with E-state index < -0.39 is 0 Å². The van der Waals surface area contributed by atoms with Crippen molar-refractivity contribution in [1.29, 1.82) is 0 Å². The maximum absolute atomic E-state index is 13.2. The van der Waals surface area contributed by atoms with Gasteiger partial charge in [0.05, 0.1) is 24.1 Å². The van der Waals surface area contributed by atoms with Gasteiger partial charge in [0.15, 0.2) is 0 Å². The Morgan fingerprint density at radius 2 is 1.94 bits per heavy atom. The number of amides is 1. The van der Waals surface area contributed by atoms with Crippen LogP contribution in [0.5, 0.6) is 5.75 Å². The van der Waals surface area contributed by atoms with Gasteiger partial charge < -0.3 is 9.64 Å². The molecule has 1 aromatic carbocycles. The number of likely N-dealkylation sites (tertiary alicyclic amines) is 2. The molecular formula is C25H36N4O2. The lowest BCUT2D eigenvalue weighted by Gasteiger charge is -2.33. The van der Waals surface area contributed by atoms with E-state index in [1.54, 1.807) is 6.20 Å². The Kier molecular flexibility index (Phi) is 7.62. The number of para-hydroxylation sites is 1. The zero-order chi connectivity index (χ0) is 21.5. The molecule has 1 aromatic heterocycles. The first-order valence-corrected chi connectivity index (χ1v) is 12.0. The molecule has 1 atom stereocenters. The van der Waals surface area contributed by atoms with Crippen LogP contribution in [0.15, 0.2) is 30.5 Å². The third kappa shape index (κ3) is 5.48. The average molecular weight is 425 g/mol. The molecule has 6 nitrogen and oxygen atoms in total. The van der Waals surface area contributed by atoms with E-state index in [1.165, 1.54) is 18.4 Å². The van der Waals surface area contributed by atoms with E-state index in [1.807, 2.05) is 11.0 Å². The topological polar surface area (TPSA) is 61.5 Å². The van der Waals surface area contributed by atoms with Crippen LogP contribution in [0, 0.1) is 0 Å². The van der Waals surface area contributed by atoms with Gasteiger partial charge in [0.2, 0.25) is 0 Å². The first kappa shape index (κ1) is 21.9.